The smallest absolute Gasteiger partial charge is 0.232 e. The topological polar surface area (TPSA) is 54.9 Å². The zero-order valence-electron chi connectivity index (χ0n) is 19.9. The van der Waals surface area contributed by atoms with Gasteiger partial charge in [0.15, 0.2) is 5.76 Å². The molecule has 0 aliphatic carbocycles. The van der Waals surface area contributed by atoms with Crippen LogP contribution in [0, 0.1) is 6.92 Å². The Balaban J connectivity index is 1.41. The van der Waals surface area contributed by atoms with Crippen molar-refractivity contribution in [3.8, 4) is 11.5 Å². The number of hydrogen-bond acceptors (Lipinski definition) is 6. The summed E-state index contributed by atoms with van der Waals surface area (Å²) >= 11 is 0. The van der Waals surface area contributed by atoms with Crippen molar-refractivity contribution in [1.29, 1.82) is 0 Å². The van der Waals surface area contributed by atoms with Crippen molar-refractivity contribution in [2.24, 2.45) is 0 Å². The highest BCUT2D eigenvalue weighted by atomic mass is 16.5. The number of pyridine rings is 1. The Bertz CT molecular complexity index is 1230. The molecule has 5 rings (SSSR count). The van der Waals surface area contributed by atoms with Gasteiger partial charge in [-0.1, -0.05) is 18.2 Å². The summed E-state index contributed by atoms with van der Waals surface area (Å²) in [6.07, 6.45) is 5.46. The molecular formula is C28H29N3O3. The van der Waals surface area contributed by atoms with Crippen molar-refractivity contribution in [1.82, 2.24) is 9.88 Å². The van der Waals surface area contributed by atoms with E-state index in [9.17, 15) is 4.79 Å². The second-order valence-electron chi connectivity index (χ2n) is 8.70. The van der Waals surface area contributed by atoms with Crippen molar-refractivity contribution in [2.45, 2.75) is 33.9 Å². The summed E-state index contributed by atoms with van der Waals surface area (Å²) in [5.74, 6) is 1.69. The number of ketones is 1. The molecule has 2 aliphatic heterocycles. The van der Waals surface area contributed by atoms with Gasteiger partial charge in [0.25, 0.3) is 0 Å². The molecule has 0 saturated heterocycles. The van der Waals surface area contributed by atoms with Crippen molar-refractivity contribution < 1.29 is 14.3 Å². The molecule has 0 bridgehead atoms. The maximum absolute atomic E-state index is 13.3. The Kier molecular flexibility index (Phi) is 6.07. The fourth-order valence-corrected chi connectivity index (χ4v) is 4.65. The van der Waals surface area contributed by atoms with E-state index >= 15 is 0 Å². The summed E-state index contributed by atoms with van der Waals surface area (Å²) in [6.45, 7) is 9.98. The third-order valence-corrected chi connectivity index (χ3v) is 6.44. The fourth-order valence-electron chi connectivity index (χ4n) is 4.65. The number of nitrogens with zero attached hydrogens (tertiary/aromatic N) is 3. The Labute approximate surface area is 200 Å². The third-order valence-electron chi connectivity index (χ3n) is 6.44. The number of hydrogen-bond donors (Lipinski definition) is 0. The first kappa shape index (κ1) is 22.2. The van der Waals surface area contributed by atoms with Crippen LogP contribution in [0.5, 0.6) is 11.5 Å². The molecule has 0 amide bonds. The lowest BCUT2D eigenvalue weighted by Gasteiger charge is -2.30. The quantitative estimate of drug-likeness (QED) is 0.476. The molecule has 0 N–H and O–H groups in total. The fraction of sp³-hybridized carbons (Fsp3) is 0.286. The van der Waals surface area contributed by atoms with Gasteiger partial charge in [-0.25, -0.2) is 0 Å². The number of carbonyl (C=O) groups excluding carboxylic acids is 1. The summed E-state index contributed by atoms with van der Waals surface area (Å²) in [5, 5.41) is 0. The van der Waals surface area contributed by atoms with Crippen molar-refractivity contribution in [3.63, 3.8) is 0 Å². The number of ether oxygens (including phenoxy) is 2. The minimum atomic E-state index is -0.0764. The number of aromatic nitrogens is 1. The molecule has 0 fully saturated rings. The highest BCUT2D eigenvalue weighted by molar-refractivity contribution is 6.15. The molecule has 0 unspecified atom stereocenters. The number of fused-ring (bicyclic) bond motifs is 3. The molecule has 1 aromatic heterocycles. The molecule has 6 nitrogen and oxygen atoms in total. The normalized spacial score (nSPS) is 16.1. The molecule has 34 heavy (non-hydrogen) atoms. The van der Waals surface area contributed by atoms with Gasteiger partial charge in [0.05, 0.1) is 11.1 Å². The van der Waals surface area contributed by atoms with Gasteiger partial charge in [-0.3, -0.25) is 14.7 Å². The van der Waals surface area contributed by atoms with E-state index in [1.807, 2.05) is 43.5 Å². The maximum atomic E-state index is 13.3. The van der Waals surface area contributed by atoms with E-state index in [2.05, 4.69) is 46.8 Å². The molecule has 3 heterocycles. The Morgan fingerprint density at radius 2 is 1.94 bits per heavy atom. The van der Waals surface area contributed by atoms with Gasteiger partial charge in [-0.05, 0) is 67.8 Å². The van der Waals surface area contributed by atoms with Crippen LogP contribution >= 0.6 is 0 Å². The molecular weight excluding hydrogens is 426 g/mol. The number of rotatable bonds is 6. The van der Waals surface area contributed by atoms with E-state index in [4.69, 9.17) is 9.47 Å². The Hall–Kier alpha value is -3.64. The van der Waals surface area contributed by atoms with Crippen molar-refractivity contribution >= 4 is 17.5 Å². The predicted octanol–water partition coefficient (Wildman–Crippen LogP) is 5.20. The molecule has 2 aromatic carbocycles. The van der Waals surface area contributed by atoms with Crippen LogP contribution in [0.3, 0.4) is 0 Å². The van der Waals surface area contributed by atoms with Crippen LogP contribution in [0.4, 0.5) is 5.69 Å². The zero-order chi connectivity index (χ0) is 23.7. The van der Waals surface area contributed by atoms with Crippen LogP contribution in [-0.4, -0.2) is 35.5 Å². The van der Waals surface area contributed by atoms with Gasteiger partial charge in [0.1, 0.15) is 18.2 Å². The third kappa shape index (κ3) is 4.17. The standard InChI is InChI=1S/C28H29N3O3/c1-4-31(5-2)22-10-8-20(9-11-22)14-25-27(32)26-19(3)13-24-23(28(26)34-25)17-30(18-33-24)16-21-7-6-12-29-15-21/h6-15H,4-5,16-18H2,1-3H3/b25-14-. The number of anilines is 1. The van der Waals surface area contributed by atoms with Crippen LogP contribution in [0.1, 0.15) is 46.5 Å². The summed E-state index contributed by atoms with van der Waals surface area (Å²) in [6, 6.07) is 14.2. The van der Waals surface area contributed by atoms with Gasteiger partial charge >= 0.3 is 0 Å². The lowest BCUT2D eigenvalue weighted by Crippen LogP contribution is -2.31. The predicted molar refractivity (Wildman–Crippen MR) is 133 cm³/mol. The first-order valence-electron chi connectivity index (χ1n) is 11.8. The molecule has 0 spiro atoms. The highest BCUT2D eigenvalue weighted by Crippen LogP contribution is 2.44. The lowest BCUT2D eigenvalue weighted by atomic mass is 9.98. The average Bonchev–Trinajstić information content (AvgIpc) is 3.19. The average molecular weight is 456 g/mol. The number of benzene rings is 2. The van der Waals surface area contributed by atoms with Crippen molar-refractivity contribution in [2.75, 3.05) is 24.7 Å². The molecule has 0 atom stereocenters. The first-order valence-corrected chi connectivity index (χ1v) is 11.8. The number of allylic oxidation sites excluding steroid dienone is 1. The van der Waals surface area contributed by atoms with E-state index in [0.29, 0.717) is 36.9 Å². The molecule has 2 aliphatic rings. The van der Waals surface area contributed by atoms with E-state index < -0.39 is 0 Å². The maximum Gasteiger partial charge on any atom is 0.232 e. The minimum absolute atomic E-state index is 0.0764. The van der Waals surface area contributed by atoms with Crippen molar-refractivity contribution in [3.05, 3.63) is 88.4 Å². The Morgan fingerprint density at radius 1 is 1.15 bits per heavy atom. The highest BCUT2D eigenvalue weighted by Gasteiger charge is 2.35. The Morgan fingerprint density at radius 3 is 2.65 bits per heavy atom. The van der Waals surface area contributed by atoms with Gasteiger partial charge in [0.2, 0.25) is 5.78 Å². The van der Waals surface area contributed by atoms with E-state index in [1.54, 1.807) is 6.20 Å². The molecule has 0 radical (unpaired) electrons. The monoisotopic (exact) mass is 455 g/mol. The van der Waals surface area contributed by atoms with Gasteiger partial charge in [-0.2, -0.15) is 0 Å². The van der Waals surface area contributed by atoms with Gasteiger partial charge < -0.3 is 14.4 Å². The largest absolute Gasteiger partial charge is 0.478 e. The summed E-state index contributed by atoms with van der Waals surface area (Å²) in [5.41, 5.74) is 5.66. The minimum Gasteiger partial charge on any atom is -0.478 e. The SMILES string of the molecule is CCN(CC)c1ccc(/C=C2\Oc3c4c(cc(C)c3C2=O)OCN(Cc2cccnc2)C4)cc1. The van der Waals surface area contributed by atoms with E-state index in [1.165, 1.54) is 5.69 Å². The lowest BCUT2D eigenvalue weighted by molar-refractivity contribution is 0.0871. The summed E-state index contributed by atoms with van der Waals surface area (Å²) in [7, 11) is 0. The molecule has 174 valence electrons. The van der Waals surface area contributed by atoms with E-state index in [0.717, 1.165) is 41.1 Å². The van der Waals surface area contributed by atoms with E-state index in [-0.39, 0.29) is 5.78 Å². The summed E-state index contributed by atoms with van der Waals surface area (Å²) in [4.78, 5) is 22.0. The van der Waals surface area contributed by atoms with Crippen LogP contribution in [0.25, 0.3) is 6.08 Å². The first-order chi connectivity index (χ1) is 16.6. The molecule has 3 aromatic rings. The number of Topliss-reactive ketones (excluding diaryl/α,β-unsaturated/α-hetero) is 1. The van der Waals surface area contributed by atoms with Crippen LogP contribution < -0.4 is 14.4 Å². The van der Waals surface area contributed by atoms with Crippen LogP contribution in [0.2, 0.25) is 0 Å². The van der Waals surface area contributed by atoms with Gasteiger partial charge in [-0.15, -0.1) is 0 Å². The number of carbonyl (C=O) groups is 1. The summed E-state index contributed by atoms with van der Waals surface area (Å²) < 4.78 is 12.3. The second kappa shape index (κ2) is 9.31. The zero-order valence-corrected chi connectivity index (χ0v) is 19.9. The number of aryl methyl sites for hydroxylation is 1. The second-order valence-corrected chi connectivity index (χ2v) is 8.70. The molecule has 6 heteroatoms. The molecule has 0 saturated carbocycles. The van der Waals surface area contributed by atoms with Crippen LogP contribution in [0.15, 0.2) is 60.6 Å². The van der Waals surface area contributed by atoms with Crippen LogP contribution in [-0.2, 0) is 13.1 Å². The van der Waals surface area contributed by atoms with Gasteiger partial charge in [0, 0.05) is 44.3 Å².